The van der Waals surface area contributed by atoms with Crippen molar-refractivity contribution in [2.45, 2.75) is 50.9 Å². The molecule has 1 aliphatic carbocycles. The zero-order chi connectivity index (χ0) is 23.4. The molecular weight excluding hydrogens is 433 g/mol. The Morgan fingerprint density at radius 1 is 1.09 bits per heavy atom. The Labute approximate surface area is 191 Å². The number of nitrogens with zero attached hydrogens (tertiary/aromatic N) is 2. The number of rotatable bonds is 7. The van der Waals surface area contributed by atoms with E-state index in [1.807, 2.05) is 24.3 Å². The summed E-state index contributed by atoms with van der Waals surface area (Å²) in [6, 6.07) is 12.5. The standard InChI is InChI=1S/C25H27F3N2O3/c1-32-21-12-8-18(9-13-21)23-14-22(33-29-23)16-30(24(31)19-4-2-3-5-19)15-17-6-10-20(11-7-17)25(26,27)28/h6-13,19,22H,2-5,14-16H2,1H3/t22-/m1/s1. The maximum atomic E-state index is 13.2. The van der Waals surface area contributed by atoms with Crippen LogP contribution in [-0.4, -0.2) is 36.3 Å². The summed E-state index contributed by atoms with van der Waals surface area (Å²) in [7, 11) is 1.61. The summed E-state index contributed by atoms with van der Waals surface area (Å²) >= 11 is 0. The van der Waals surface area contributed by atoms with Gasteiger partial charge >= 0.3 is 6.18 Å². The van der Waals surface area contributed by atoms with E-state index in [2.05, 4.69) is 5.16 Å². The molecule has 0 unspecified atom stereocenters. The number of methoxy groups -OCH3 is 1. The molecule has 4 rings (SSSR count). The predicted octanol–water partition coefficient (Wildman–Crippen LogP) is 5.43. The Morgan fingerprint density at radius 2 is 1.76 bits per heavy atom. The second-order valence-corrected chi connectivity index (χ2v) is 8.59. The molecule has 176 valence electrons. The Kier molecular flexibility index (Phi) is 6.91. The van der Waals surface area contributed by atoms with Crippen LogP contribution >= 0.6 is 0 Å². The third kappa shape index (κ3) is 5.67. The summed E-state index contributed by atoms with van der Waals surface area (Å²) in [5.41, 5.74) is 1.68. The van der Waals surface area contributed by atoms with Crippen molar-refractivity contribution in [2.24, 2.45) is 11.1 Å². The molecule has 0 radical (unpaired) electrons. The second-order valence-electron chi connectivity index (χ2n) is 8.59. The molecular formula is C25H27F3N2O3. The Hall–Kier alpha value is -3.03. The number of amides is 1. The van der Waals surface area contributed by atoms with Crippen LogP contribution in [0, 0.1) is 5.92 Å². The van der Waals surface area contributed by atoms with E-state index < -0.39 is 11.7 Å². The van der Waals surface area contributed by atoms with Crippen LogP contribution in [0.5, 0.6) is 5.75 Å². The summed E-state index contributed by atoms with van der Waals surface area (Å²) in [5, 5.41) is 4.21. The van der Waals surface area contributed by atoms with Gasteiger partial charge in [0.15, 0.2) is 6.10 Å². The summed E-state index contributed by atoms with van der Waals surface area (Å²) in [4.78, 5) is 20.6. The van der Waals surface area contributed by atoms with Gasteiger partial charge in [0.25, 0.3) is 0 Å². The van der Waals surface area contributed by atoms with E-state index in [4.69, 9.17) is 9.57 Å². The number of carbonyl (C=O) groups excluding carboxylic acids is 1. The van der Waals surface area contributed by atoms with E-state index in [0.29, 0.717) is 18.5 Å². The van der Waals surface area contributed by atoms with E-state index >= 15 is 0 Å². The molecule has 0 saturated heterocycles. The summed E-state index contributed by atoms with van der Waals surface area (Å²) in [6.07, 6.45) is -0.395. The molecule has 1 aliphatic heterocycles. The molecule has 1 amide bonds. The number of ether oxygens (including phenoxy) is 1. The molecule has 1 atom stereocenters. The van der Waals surface area contributed by atoms with E-state index in [1.54, 1.807) is 12.0 Å². The van der Waals surface area contributed by atoms with Crippen molar-refractivity contribution in [2.75, 3.05) is 13.7 Å². The van der Waals surface area contributed by atoms with Gasteiger partial charge in [-0.1, -0.05) is 30.1 Å². The predicted molar refractivity (Wildman–Crippen MR) is 118 cm³/mol. The molecule has 8 heteroatoms. The highest BCUT2D eigenvalue weighted by atomic mass is 19.4. The van der Waals surface area contributed by atoms with Crippen LogP contribution in [0.3, 0.4) is 0 Å². The van der Waals surface area contributed by atoms with Crippen LogP contribution in [0.1, 0.15) is 48.8 Å². The van der Waals surface area contributed by atoms with Gasteiger partial charge in [-0.3, -0.25) is 4.79 Å². The molecule has 0 aromatic heterocycles. The Bertz CT molecular complexity index is 981. The minimum absolute atomic E-state index is 0.0360. The number of hydrogen-bond donors (Lipinski definition) is 0. The first kappa shape index (κ1) is 23.1. The van der Waals surface area contributed by atoms with Gasteiger partial charge in [0.2, 0.25) is 5.91 Å². The van der Waals surface area contributed by atoms with Crippen molar-refractivity contribution in [3.05, 3.63) is 65.2 Å². The van der Waals surface area contributed by atoms with E-state index in [-0.39, 0.29) is 24.5 Å². The highest BCUT2D eigenvalue weighted by molar-refractivity contribution is 6.01. The normalized spacial score (nSPS) is 18.7. The van der Waals surface area contributed by atoms with Crippen molar-refractivity contribution in [3.8, 4) is 5.75 Å². The van der Waals surface area contributed by atoms with E-state index in [0.717, 1.165) is 54.8 Å². The molecule has 2 aromatic rings. The van der Waals surface area contributed by atoms with Gasteiger partial charge in [-0.2, -0.15) is 13.2 Å². The summed E-state index contributed by atoms with van der Waals surface area (Å²) in [5.74, 6) is 0.747. The van der Waals surface area contributed by atoms with Gasteiger partial charge in [0.1, 0.15) is 5.75 Å². The van der Waals surface area contributed by atoms with Gasteiger partial charge < -0.3 is 14.5 Å². The van der Waals surface area contributed by atoms with Crippen molar-refractivity contribution >= 4 is 11.6 Å². The average molecular weight is 460 g/mol. The van der Waals surface area contributed by atoms with E-state index in [1.165, 1.54) is 12.1 Å². The maximum Gasteiger partial charge on any atom is 0.416 e. The third-order valence-corrected chi connectivity index (χ3v) is 6.25. The first-order valence-corrected chi connectivity index (χ1v) is 11.2. The fourth-order valence-electron chi connectivity index (χ4n) is 4.41. The monoisotopic (exact) mass is 460 g/mol. The fourth-order valence-corrected chi connectivity index (χ4v) is 4.41. The van der Waals surface area contributed by atoms with Gasteiger partial charge in [0.05, 0.1) is 24.9 Å². The highest BCUT2D eigenvalue weighted by Gasteiger charge is 2.33. The van der Waals surface area contributed by atoms with Crippen LogP contribution in [0.25, 0.3) is 0 Å². The first-order valence-electron chi connectivity index (χ1n) is 11.2. The minimum Gasteiger partial charge on any atom is -0.497 e. The fraction of sp³-hybridized carbons (Fsp3) is 0.440. The van der Waals surface area contributed by atoms with Crippen molar-refractivity contribution in [3.63, 3.8) is 0 Å². The second kappa shape index (κ2) is 9.85. The third-order valence-electron chi connectivity index (χ3n) is 6.25. The largest absolute Gasteiger partial charge is 0.497 e. The van der Waals surface area contributed by atoms with Crippen LogP contribution in [0.4, 0.5) is 13.2 Å². The molecule has 5 nitrogen and oxygen atoms in total. The SMILES string of the molecule is COc1ccc(C2=NO[C@@H](CN(Cc3ccc(C(F)(F)F)cc3)C(=O)C3CCCC3)C2)cc1. The zero-order valence-electron chi connectivity index (χ0n) is 18.5. The number of alkyl halides is 3. The lowest BCUT2D eigenvalue weighted by Gasteiger charge is -2.27. The molecule has 0 spiro atoms. The average Bonchev–Trinajstić information content (AvgIpc) is 3.51. The van der Waals surface area contributed by atoms with Crippen molar-refractivity contribution < 1.29 is 27.5 Å². The maximum absolute atomic E-state index is 13.2. The number of benzene rings is 2. The number of oxime groups is 1. The Morgan fingerprint density at radius 3 is 2.36 bits per heavy atom. The van der Waals surface area contributed by atoms with Crippen LogP contribution < -0.4 is 4.74 Å². The molecule has 1 heterocycles. The topological polar surface area (TPSA) is 51.1 Å². The van der Waals surface area contributed by atoms with Gasteiger partial charge in [-0.05, 0) is 60.4 Å². The van der Waals surface area contributed by atoms with Crippen molar-refractivity contribution in [1.29, 1.82) is 0 Å². The number of carbonyl (C=O) groups is 1. The minimum atomic E-state index is -4.38. The number of halogens is 3. The smallest absolute Gasteiger partial charge is 0.416 e. The molecule has 1 fully saturated rings. The lowest BCUT2D eigenvalue weighted by molar-refractivity contribution is -0.138. The summed E-state index contributed by atoms with van der Waals surface area (Å²) in [6.45, 7) is 0.574. The molecule has 33 heavy (non-hydrogen) atoms. The van der Waals surface area contributed by atoms with Gasteiger partial charge in [0, 0.05) is 18.9 Å². The molecule has 1 saturated carbocycles. The van der Waals surface area contributed by atoms with Crippen LogP contribution in [0.2, 0.25) is 0 Å². The summed E-state index contributed by atoms with van der Waals surface area (Å²) < 4.78 is 43.9. The van der Waals surface area contributed by atoms with Crippen molar-refractivity contribution in [1.82, 2.24) is 4.90 Å². The Balaban J connectivity index is 1.44. The molecule has 0 bridgehead atoms. The number of hydrogen-bond acceptors (Lipinski definition) is 4. The molecule has 2 aromatic carbocycles. The zero-order valence-corrected chi connectivity index (χ0v) is 18.5. The van der Waals surface area contributed by atoms with Gasteiger partial charge in [-0.15, -0.1) is 0 Å². The lowest BCUT2D eigenvalue weighted by atomic mass is 10.0. The highest BCUT2D eigenvalue weighted by Crippen LogP contribution is 2.31. The van der Waals surface area contributed by atoms with Crippen LogP contribution in [0.15, 0.2) is 53.7 Å². The van der Waals surface area contributed by atoms with Crippen LogP contribution in [-0.2, 0) is 22.4 Å². The lowest BCUT2D eigenvalue weighted by Crippen LogP contribution is -2.40. The quantitative estimate of drug-likeness (QED) is 0.554. The van der Waals surface area contributed by atoms with E-state index in [9.17, 15) is 18.0 Å². The first-order chi connectivity index (χ1) is 15.8. The molecule has 0 N–H and O–H groups in total. The molecule has 2 aliphatic rings. The van der Waals surface area contributed by atoms with Gasteiger partial charge in [-0.25, -0.2) is 0 Å².